The van der Waals surface area contributed by atoms with E-state index in [2.05, 4.69) is 10.1 Å². The third kappa shape index (κ3) is 3.36. The Hall–Kier alpha value is -2.36. The molecule has 1 N–H and O–H groups in total. The molecule has 0 atom stereocenters. The molecule has 0 aliphatic heterocycles. The van der Waals surface area contributed by atoms with Gasteiger partial charge in [-0.3, -0.25) is 4.79 Å². The van der Waals surface area contributed by atoms with E-state index in [4.69, 9.17) is 11.6 Å². The molecule has 0 spiro atoms. The molecule has 0 radical (unpaired) electrons. The summed E-state index contributed by atoms with van der Waals surface area (Å²) < 4.78 is 4.68. The van der Waals surface area contributed by atoms with Gasteiger partial charge in [0.25, 0.3) is 5.91 Å². The smallest absolute Gasteiger partial charge is 0.348 e. The third-order valence-electron chi connectivity index (χ3n) is 3.23. The summed E-state index contributed by atoms with van der Waals surface area (Å²) >= 11 is 7.08. The Labute approximate surface area is 142 Å². The van der Waals surface area contributed by atoms with E-state index in [1.807, 2.05) is 13.0 Å². The van der Waals surface area contributed by atoms with Crippen LogP contribution >= 0.6 is 22.9 Å². The Morgan fingerprint density at radius 3 is 2.61 bits per heavy atom. The summed E-state index contributed by atoms with van der Waals surface area (Å²) in [7, 11) is 1.26. The van der Waals surface area contributed by atoms with Crippen LogP contribution in [0, 0.1) is 25.2 Å². The van der Waals surface area contributed by atoms with Crippen molar-refractivity contribution in [1.29, 1.82) is 5.26 Å². The van der Waals surface area contributed by atoms with E-state index in [1.54, 1.807) is 25.1 Å². The number of nitrogens with zero attached hydrogens (tertiary/aromatic N) is 1. The number of nitriles is 1. The second kappa shape index (κ2) is 6.82. The van der Waals surface area contributed by atoms with Crippen LogP contribution < -0.4 is 5.32 Å². The Kier molecular flexibility index (Phi) is 5.04. The zero-order valence-electron chi connectivity index (χ0n) is 12.7. The van der Waals surface area contributed by atoms with Gasteiger partial charge in [-0.2, -0.15) is 5.26 Å². The number of carbonyl (C=O) groups is 2. The monoisotopic (exact) mass is 348 g/mol. The highest BCUT2D eigenvalue weighted by atomic mass is 35.5. The van der Waals surface area contributed by atoms with E-state index in [-0.39, 0.29) is 10.4 Å². The number of carbonyl (C=O) groups excluding carboxylic acids is 2. The number of benzene rings is 1. The van der Waals surface area contributed by atoms with Crippen LogP contribution in [0.25, 0.3) is 0 Å². The normalized spacial score (nSPS) is 10.0. The minimum Gasteiger partial charge on any atom is -0.465 e. The number of ether oxygens (including phenoxy) is 1. The molecule has 0 saturated carbocycles. The van der Waals surface area contributed by atoms with Gasteiger partial charge in [0.1, 0.15) is 15.9 Å². The number of hydrogen-bond donors (Lipinski definition) is 1. The topological polar surface area (TPSA) is 79.2 Å². The Balaban J connectivity index is 2.38. The molecule has 1 amide bonds. The lowest BCUT2D eigenvalue weighted by molar-refractivity contribution is 0.0605. The minimum absolute atomic E-state index is 0.243. The van der Waals surface area contributed by atoms with Crippen LogP contribution in [0.2, 0.25) is 5.02 Å². The van der Waals surface area contributed by atoms with Crippen LogP contribution in [-0.4, -0.2) is 19.0 Å². The van der Waals surface area contributed by atoms with Crippen molar-refractivity contribution in [1.82, 2.24) is 0 Å². The second-order valence-corrected chi connectivity index (χ2v) is 6.23. The van der Waals surface area contributed by atoms with E-state index in [0.717, 1.165) is 16.9 Å². The number of amides is 1. The second-order valence-electron chi connectivity index (χ2n) is 4.80. The Morgan fingerprint density at radius 2 is 2.04 bits per heavy atom. The van der Waals surface area contributed by atoms with Crippen LogP contribution in [0.3, 0.4) is 0 Å². The fourth-order valence-electron chi connectivity index (χ4n) is 2.00. The van der Waals surface area contributed by atoms with Crippen LogP contribution in [-0.2, 0) is 4.74 Å². The van der Waals surface area contributed by atoms with Crippen LogP contribution in [0.1, 0.15) is 36.7 Å². The van der Waals surface area contributed by atoms with Gasteiger partial charge in [-0.1, -0.05) is 17.7 Å². The summed E-state index contributed by atoms with van der Waals surface area (Å²) in [5.74, 6) is -0.984. The zero-order chi connectivity index (χ0) is 17.1. The molecular formula is C16H13ClN2O3S. The van der Waals surface area contributed by atoms with Gasteiger partial charge in [0.2, 0.25) is 0 Å². The molecule has 2 rings (SSSR count). The number of methoxy groups -OCH3 is 1. The van der Waals surface area contributed by atoms with Gasteiger partial charge in [0.15, 0.2) is 0 Å². The van der Waals surface area contributed by atoms with Crippen molar-refractivity contribution < 1.29 is 14.3 Å². The number of halogens is 1. The highest BCUT2D eigenvalue weighted by molar-refractivity contribution is 7.18. The summed E-state index contributed by atoms with van der Waals surface area (Å²) in [5.41, 5.74) is 1.96. The fraction of sp³-hybridized carbons (Fsp3) is 0.188. The molecule has 0 aliphatic carbocycles. The molecule has 0 bridgehead atoms. The predicted molar refractivity (Wildman–Crippen MR) is 89.3 cm³/mol. The lowest BCUT2D eigenvalue weighted by atomic mass is 10.1. The van der Waals surface area contributed by atoms with Gasteiger partial charge in [-0.05, 0) is 37.1 Å². The number of esters is 1. The largest absolute Gasteiger partial charge is 0.465 e. The van der Waals surface area contributed by atoms with Gasteiger partial charge in [-0.15, -0.1) is 11.3 Å². The van der Waals surface area contributed by atoms with Crippen molar-refractivity contribution in [2.75, 3.05) is 12.4 Å². The maximum absolute atomic E-state index is 12.4. The van der Waals surface area contributed by atoms with Gasteiger partial charge >= 0.3 is 5.97 Å². The summed E-state index contributed by atoms with van der Waals surface area (Å²) in [6.45, 7) is 3.50. The van der Waals surface area contributed by atoms with Gasteiger partial charge in [-0.25, -0.2) is 4.79 Å². The quantitative estimate of drug-likeness (QED) is 0.852. The summed E-state index contributed by atoms with van der Waals surface area (Å²) in [6, 6.07) is 7.06. The lowest BCUT2D eigenvalue weighted by Crippen LogP contribution is -2.12. The molecule has 0 saturated heterocycles. The average Bonchev–Trinajstić information content (AvgIpc) is 2.82. The molecule has 2 aromatic rings. The molecule has 5 nitrogen and oxygen atoms in total. The van der Waals surface area contributed by atoms with Crippen molar-refractivity contribution in [2.24, 2.45) is 0 Å². The molecule has 1 heterocycles. The van der Waals surface area contributed by atoms with Crippen molar-refractivity contribution in [3.05, 3.63) is 50.4 Å². The van der Waals surface area contributed by atoms with E-state index in [0.29, 0.717) is 21.2 Å². The highest BCUT2D eigenvalue weighted by Crippen LogP contribution is 2.33. The third-order valence-corrected chi connectivity index (χ3v) is 4.73. The number of anilines is 1. The lowest BCUT2D eigenvalue weighted by Gasteiger charge is -2.06. The van der Waals surface area contributed by atoms with E-state index >= 15 is 0 Å². The SMILES string of the molecule is COC(=O)c1sc(NC(=O)c2ccc(C)cc2Cl)c(C#N)c1C. The molecule has 118 valence electrons. The van der Waals surface area contributed by atoms with Crippen molar-refractivity contribution in [3.8, 4) is 6.07 Å². The molecule has 7 heteroatoms. The van der Waals surface area contributed by atoms with Crippen molar-refractivity contribution >= 4 is 39.8 Å². The molecule has 0 fully saturated rings. The maximum Gasteiger partial charge on any atom is 0.348 e. The van der Waals surface area contributed by atoms with Crippen LogP contribution in [0.4, 0.5) is 5.00 Å². The minimum atomic E-state index is -0.544. The van der Waals surface area contributed by atoms with Crippen LogP contribution in [0.5, 0.6) is 0 Å². The Bertz CT molecular complexity index is 837. The predicted octanol–water partition coefficient (Wildman–Crippen LogP) is 3.93. The maximum atomic E-state index is 12.4. The molecule has 1 aromatic carbocycles. The summed E-state index contributed by atoms with van der Waals surface area (Å²) in [6.07, 6.45) is 0. The number of rotatable bonds is 3. The fourth-order valence-corrected chi connectivity index (χ4v) is 3.39. The highest BCUT2D eigenvalue weighted by Gasteiger charge is 2.22. The number of thiophene rings is 1. The standard InChI is InChI=1S/C16H13ClN2O3S/c1-8-4-5-10(12(17)6-8)14(20)19-15-11(7-18)9(2)13(23-15)16(21)22-3/h4-6H,1-3H3,(H,19,20). The van der Waals surface area contributed by atoms with Crippen molar-refractivity contribution in [3.63, 3.8) is 0 Å². The first-order valence-electron chi connectivity index (χ1n) is 6.58. The van der Waals surface area contributed by atoms with E-state index in [9.17, 15) is 14.9 Å². The first kappa shape index (κ1) is 17.0. The van der Waals surface area contributed by atoms with Crippen LogP contribution in [0.15, 0.2) is 18.2 Å². The van der Waals surface area contributed by atoms with Gasteiger partial charge < -0.3 is 10.1 Å². The number of hydrogen-bond acceptors (Lipinski definition) is 5. The van der Waals surface area contributed by atoms with E-state index < -0.39 is 11.9 Å². The van der Waals surface area contributed by atoms with Gasteiger partial charge in [0, 0.05) is 0 Å². The summed E-state index contributed by atoms with van der Waals surface area (Å²) in [5, 5.41) is 12.5. The molecular weight excluding hydrogens is 336 g/mol. The summed E-state index contributed by atoms with van der Waals surface area (Å²) in [4.78, 5) is 24.4. The molecule has 0 unspecified atom stereocenters. The van der Waals surface area contributed by atoms with E-state index in [1.165, 1.54) is 7.11 Å². The first-order chi connectivity index (χ1) is 10.9. The molecule has 1 aromatic heterocycles. The average molecular weight is 349 g/mol. The Morgan fingerprint density at radius 1 is 1.35 bits per heavy atom. The first-order valence-corrected chi connectivity index (χ1v) is 7.77. The molecule has 23 heavy (non-hydrogen) atoms. The van der Waals surface area contributed by atoms with Crippen molar-refractivity contribution in [2.45, 2.75) is 13.8 Å². The number of aryl methyl sites for hydroxylation is 1. The number of nitrogens with one attached hydrogen (secondary N) is 1. The zero-order valence-corrected chi connectivity index (χ0v) is 14.3. The molecule has 0 aliphatic rings. The van der Waals surface area contributed by atoms with Gasteiger partial charge in [0.05, 0.1) is 23.3 Å².